The van der Waals surface area contributed by atoms with Crippen LogP contribution in [-0.2, 0) is 0 Å². The molecule has 0 aromatic rings. The van der Waals surface area contributed by atoms with Gasteiger partial charge in [0.2, 0.25) is 0 Å². The molecule has 1 atom stereocenters. The maximum absolute atomic E-state index is 12.2. The molecule has 3 heteroatoms. The molecule has 0 aromatic heterocycles. The fourth-order valence-corrected chi connectivity index (χ4v) is 0.555. The quantitative estimate of drug-likeness (QED) is 0.515. The Morgan fingerprint density at radius 3 is 2.67 bits per heavy atom. The zero-order chi connectivity index (χ0) is 6.85. The Morgan fingerprint density at radius 2 is 2.22 bits per heavy atom. The Morgan fingerprint density at radius 1 is 1.56 bits per heavy atom. The first kappa shape index (κ1) is 6.13. The predicted molar refractivity (Wildman–Crippen MR) is 31.0 cm³/mol. The number of allylic oxidation sites excluding steroid dienone is 4. The predicted octanol–water partition coefficient (Wildman–Crippen LogP) is 1.77. The van der Waals surface area contributed by atoms with Crippen molar-refractivity contribution in [2.75, 3.05) is 0 Å². The second kappa shape index (κ2) is 2.09. The first-order chi connectivity index (χ1) is 4.22. The molecule has 0 aliphatic heterocycles. The SMILES string of the molecule is N=C1C(F)=CC=CC1F. The lowest BCUT2D eigenvalue weighted by atomic mass is 10.1. The molecule has 0 bridgehead atoms. The lowest BCUT2D eigenvalue weighted by Crippen LogP contribution is -2.14. The zero-order valence-corrected chi connectivity index (χ0v) is 4.57. The molecule has 0 heterocycles. The topological polar surface area (TPSA) is 23.9 Å². The van der Waals surface area contributed by atoms with Crippen LogP contribution in [0.5, 0.6) is 0 Å². The normalized spacial score (nSPS) is 26.2. The molecule has 0 saturated carbocycles. The van der Waals surface area contributed by atoms with E-state index in [4.69, 9.17) is 5.41 Å². The Bertz CT molecular complexity index is 193. The zero-order valence-electron chi connectivity index (χ0n) is 4.57. The molecule has 48 valence electrons. The number of halogens is 2. The average molecular weight is 129 g/mol. The highest BCUT2D eigenvalue weighted by molar-refractivity contribution is 6.01. The van der Waals surface area contributed by atoms with Gasteiger partial charge in [-0.25, -0.2) is 8.78 Å². The van der Waals surface area contributed by atoms with E-state index >= 15 is 0 Å². The number of alkyl halides is 1. The van der Waals surface area contributed by atoms with Gasteiger partial charge in [0.05, 0.1) is 0 Å². The first-order valence-electron chi connectivity index (χ1n) is 2.48. The van der Waals surface area contributed by atoms with Crippen molar-refractivity contribution in [3.05, 3.63) is 24.1 Å². The molecule has 0 spiro atoms. The molecule has 0 amide bonds. The summed E-state index contributed by atoms with van der Waals surface area (Å²) in [4.78, 5) is 0. The Labute approximate surface area is 51.2 Å². The van der Waals surface area contributed by atoms with Crippen molar-refractivity contribution in [2.45, 2.75) is 6.17 Å². The van der Waals surface area contributed by atoms with Gasteiger partial charge in [0.1, 0.15) is 11.5 Å². The van der Waals surface area contributed by atoms with Crippen LogP contribution >= 0.6 is 0 Å². The second-order valence-corrected chi connectivity index (χ2v) is 1.71. The van der Waals surface area contributed by atoms with Crippen LogP contribution in [0, 0.1) is 5.41 Å². The molecular weight excluding hydrogens is 124 g/mol. The van der Waals surface area contributed by atoms with E-state index in [1.165, 1.54) is 6.08 Å². The summed E-state index contributed by atoms with van der Waals surface area (Å²) in [7, 11) is 0. The molecule has 1 aliphatic rings. The second-order valence-electron chi connectivity index (χ2n) is 1.71. The number of nitrogens with one attached hydrogen (secondary N) is 1. The van der Waals surface area contributed by atoms with E-state index in [9.17, 15) is 8.78 Å². The lowest BCUT2D eigenvalue weighted by molar-refractivity contribution is 0.480. The number of hydrogen-bond acceptors (Lipinski definition) is 1. The van der Waals surface area contributed by atoms with E-state index in [-0.39, 0.29) is 0 Å². The van der Waals surface area contributed by atoms with E-state index < -0.39 is 17.7 Å². The molecule has 0 aromatic carbocycles. The molecular formula is C6H5F2N. The van der Waals surface area contributed by atoms with Gasteiger partial charge in [-0.05, 0) is 12.2 Å². The third kappa shape index (κ3) is 1.04. The van der Waals surface area contributed by atoms with Gasteiger partial charge >= 0.3 is 0 Å². The van der Waals surface area contributed by atoms with Crippen LogP contribution in [-0.4, -0.2) is 11.9 Å². The summed E-state index contributed by atoms with van der Waals surface area (Å²) in [5, 5.41) is 6.73. The lowest BCUT2D eigenvalue weighted by Gasteiger charge is -2.05. The van der Waals surface area contributed by atoms with Crippen LogP contribution in [0.15, 0.2) is 24.1 Å². The molecule has 1 unspecified atom stereocenters. The van der Waals surface area contributed by atoms with Gasteiger partial charge in [-0.3, -0.25) is 5.41 Å². The largest absolute Gasteiger partial charge is 0.299 e. The summed E-state index contributed by atoms with van der Waals surface area (Å²) >= 11 is 0. The molecule has 0 fully saturated rings. The van der Waals surface area contributed by atoms with Gasteiger partial charge in [-0.1, -0.05) is 6.08 Å². The fourth-order valence-electron chi connectivity index (χ4n) is 0.555. The molecule has 0 radical (unpaired) electrons. The average Bonchev–Trinajstić information content (AvgIpc) is 1.83. The van der Waals surface area contributed by atoms with Crippen LogP contribution in [0.3, 0.4) is 0 Å². The van der Waals surface area contributed by atoms with Gasteiger partial charge in [-0.2, -0.15) is 0 Å². The molecule has 1 aliphatic carbocycles. The standard InChI is InChI=1S/C6H5F2N/c7-4-2-1-3-5(8)6(4)9/h1-4,9H. The van der Waals surface area contributed by atoms with E-state index in [1.54, 1.807) is 0 Å². The highest BCUT2D eigenvalue weighted by atomic mass is 19.1. The summed E-state index contributed by atoms with van der Waals surface area (Å²) in [5.41, 5.74) is -0.586. The van der Waals surface area contributed by atoms with Crippen molar-refractivity contribution < 1.29 is 8.78 Å². The van der Waals surface area contributed by atoms with Crippen molar-refractivity contribution in [2.24, 2.45) is 0 Å². The number of rotatable bonds is 0. The molecule has 9 heavy (non-hydrogen) atoms. The fraction of sp³-hybridized carbons (Fsp3) is 0.167. The van der Waals surface area contributed by atoms with Crippen molar-refractivity contribution in [1.82, 2.24) is 0 Å². The summed E-state index contributed by atoms with van der Waals surface area (Å²) < 4.78 is 24.4. The van der Waals surface area contributed by atoms with Gasteiger partial charge in [-0.15, -0.1) is 0 Å². The van der Waals surface area contributed by atoms with Gasteiger partial charge in [0.25, 0.3) is 0 Å². The summed E-state index contributed by atoms with van der Waals surface area (Å²) in [6, 6.07) is 0. The highest BCUT2D eigenvalue weighted by Gasteiger charge is 2.16. The van der Waals surface area contributed by atoms with Gasteiger partial charge in [0, 0.05) is 0 Å². The molecule has 1 N–H and O–H groups in total. The van der Waals surface area contributed by atoms with Crippen LogP contribution in [0.25, 0.3) is 0 Å². The number of hydrogen-bond donors (Lipinski definition) is 1. The Balaban J connectivity index is 2.86. The van der Waals surface area contributed by atoms with Gasteiger partial charge < -0.3 is 0 Å². The van der Waals surface area contributed by atoms with Crippen LogP contribution in [0.4, 0.5) is 8.78 Å². The molecule has 0 saturated heterocycles. The molecule has 1 rings (SSSR count). The monoisotopic (exact) mass is 129 g/mol. The van der Waals surface area contributed by atoms with Crippen LogP contribution in [0.1, 0.15) is 0 Å². The maximum atomic E-state index is 12.2. The summed E-state index contributed by atoms with van der Waals surface area (Å²) in [6.45, 7) is 0. The van der Waals surface area contributed by atoms with Crippen molar-refractivity contribution in [1.29, 1.82) is 5.41 Å². The third-order valence-corrected chi connectivity index (χ3v) is 1.06. The highest BCUT2D eigenvalue weighted by Crippen LogP contribution is 2.11. The van der Waals surface area contributed by atoms with Crippen LogP contribution in [0.2, 0.25) is 0 Å². The minimum atomic E-state index is -1.56. The van der Waals surface area contributed by atoms with E-state index in [0.717, 1.165) is 12.2 Å². The van der Waals surface area contributed by atoms with Crippen molar-refractivity contribution >= 4 is 5.71 Å². The maximum Gasteiger partial charge on any atom is 0.163 e. The summed E-state index contributed by atoms with van der Waals surface area (Å²) in [5.74, 6) is -0.787. The van der Waals surface area contributed by atoms with E-state index in [0.29, 0.717) is 0 Å². The third-order valence-electron chi connectivity index (χ3n) is 1.06. The minimum Gasteiger partial charge on any atom is -0.299 e. The van der Waals surface area contributed by atoms with Crippen molar-refractivity contribution in [3.63, 3.8) is 0 Å². The van der Waals surface area contributed by atoms with E-state index in [2.05, 4.69) is 0 Å². The summed E-state index contributed by atoms with van der Waals surface area (Å²) in [6.07, 6.45) is 1.90. The van der Waals surface area contributed by atoms with E-state index in [1.807, 2.05) is 0 Å². The molecule has 1 nitrogen and oxygen atoms in total. The smallest absolute Gasteiger partial charge is 0.163 e. The minimum absolute atomic E-state index is 0.586. The van der Waals surface area contributed by atoms with Gasteiger partial charge in [0.15, 0.2) is 6.17 Å². The first-order valence-corrected chi connectivity index (χ1v) is 2.48. The van der Waals surface area contributed by atoms with Crippen molar-refractivity contribution in [3.8, 4) is 0 Å². The Kier molecular flexibility index (Phi) is 1.42. The Hall–Kier alpha value is -0.990. The van der Waals surface area contributed by atoms with Crippen LogP contribution < -0.4 is 0 Å².